The molecule has 0 atom stereocenters. The van der Waals surface area contributed by atoms with E-state index in [2.05, 4.69) is 5.32 Å². The SMILES string of the molecule is O=C(CNC(=O)c1ccc(F)cc1)OCCOc1ccc(Cl)cc1. The second-order valence-corrected chi connectivity index (χ2v) is 5.15. The maximum Gasteiger partial charge on any atom is 0.325 e. The van der Waals surface area contributed by atoms with Gasteiger partial charge in [-0.1, -0.05) is 11.6 Å². The minimum atomic E-state index is -0.592. The third-order valence-electron chi connectivity index (χ3n) is 2.93. The molecular weight excluding hydrogens is 337 g/mol. The first-order chi connectivity index (χ1) is 11.5. The quantitative estimate of drug-likeness (QED) is 0.615. The molecule has 0 saturated heterocycles. The van der Waals surface area contributed by atoms with E-state index in [1.165, 1.54) is 24.3 Å². The molecule has 0 aliphatic heterocycles. The largest absolute Gasteiger partial charge is 0.490 e. The van der Waals surface area contributed by atoms with Gasteiger partial charge in [-0.05, 0) is 48.5 Å². The molecule has 0 spiro atoms. The maximum atomic E-state index is 12.8. The van der Waals surface area contributed by atoms with E-state index in [1.54, 1.807) is 24.3 Å². The van der Waals surface area contributed by atoms with Gasteiger partial charge in [-0.2, -0.15) is 0 Å². The summed E-state index contributed by atoms with van der Waals surface area (Å²) in [6.07, 6.45) is 0. The van der Waals surface area contributed by atoms with Crippen molar-refractivity contribution in [1.82, 2.24) is 5.32 Å². The first kappa shape index (κ1) is 17.7. The van der Waals surface area contributed by atoms with E-state index in [9.17, 15) is 14.0 Å². The van der Waals surface area contributed by atoms with Crippen molar-refractivity contribution in [1.29, 1.82) is 0 Å². The van der Waals surface area contributed by atoms with Crippen molar-refractivity contribution >= 4 is 23.5 Å². The molecule has 0 unspecified atom stereocenters. The number of halogens is 2. The highest BCUT2D eigenvalue weighted by Gasteiger charge is 2.09. The average Bonchev–Trinajstić information content (AvgIpc) is 2.59. The van der Waals surface area contributed by atoms with Gasteiger partial charge in [0.15, 0.2) is 0 Å². The van der Waals surface area contributed by atoms with Crippen LogP contribution in [0, 0.1) is 5.82 Å². The van der Waals surface area contributed by atoms with Gasteiger partial charge in [0.05, 0.1) is 0 Å². The molecule has 2 aromatic rings. The summed E-state index contributed by atoms with van der Waals surface area (Å²) in [4.78, 5) is 23.2. The lowest BCUT2D eigenvalue weighted by atomic mass is 10.2. The molecule has 7 heteroatoms. The molecule has 0 fully saturated rings. The van der Waals surface area contributed by atoms with Crippen molar-refractivity contribution in [2.75, 3.05) is 19.8 Å². The average molecular weight is 352 g/mol. The molecular formula is C17H15ClFNO4. The first-order valence-corrected chi connectivity index (χ1v) is 7.50. The highest BCUT2D eigenvalue weighted by molar-refractivity contribution is 6.30. The summed E-state index contributed by atoms with van der Waals surface area (Å²) >= 11 is 5.75. The molecule has 0 aromatic heterocycles. The molecule has 1 N–H and O–H groups in total. The number of hydrogen-bond acceptors (Lipinski definition) is 4. The minimum absolute atomic E-state index is 0.0495. The molecule has 0 bridgehead atoms. The van der Waals surface area contributed by atoms with Gasteiger partial charge in [-0.15, -0.1) is 0 Å². The smallest absolute Gasteiger partial charge is 0.325 e. The zero-order valence-corrected chi connectivity index (χ0v) is 13.4. The molecule has 0 radical (unpaired) electrons. The van der Waals surface area contributed by atoms with Crippen molar-refractivity contribution in [3.63, 3.8) is 0 Å². The highest BCUT2D eigenvalue weighted by Crippen LogP contribution is 2.15. The van der Waals surface area contributed by atoms with Gasteiger partial charge in [-0.25, -0.2) is 4.39 Å². The van der Waals surface area contributed by atoms with Crippen LogP contribution in [-0.2, 0) is 9.53 Å². The summed E-state index contributed by atoms with van der Waals surface area (Å²) < 4.78 is 23.0. The predicted molar refractivity (Wildman–Crippen MR) is 86.6 cm³/mol. The van der Waals surface area contributed by atoms with Crippen LogP contribution in [0.15, 0.2) is 48.5 Å². The Balaban J connectivity index is 1.63. The van der Waals surface area contributed by atoms with E-state index in [0.717, 1.165) is 0 Å². The Bertz CT molecular complexity index is 689. The van der Waals surface area contributed by atoms with Crippen LogP contribution < -0.4 is 10.1 Å². The Labute approximate surface area is 143 Å². The van der Waals surface area contributed by atoms with Crippen molar-refractivity contribution in [2.45, 2.75) is 0 Å². The van der Waals surface area contributed by atoms with E-state index in [1.807, 2.05) is 0 Å². The van der Waals surface area contributed by atoms with E-state index in [4.69, 9.17) is 21.1 Å². The van der Waals surface area contributed by atoms with Crippen LogP contribution in [0.2, 0.25) is 5.02 Å². The van der Waals surface area contributed by atoms with Gasteiger partial charge in [0.1, 0.15) is 31.3 Å². The zero-order valence-electron chi connectivity index (χ0n) is 12.6. The second-order valence-electron chi connectivity index (χ2n) is 4.71. The molecule has 1 amide bonds. The van der Waals surface area contributed by atoms with E-state index < -0.39 is 17.7 Å². The fraction of sp³-hybridized carbons (Fsp3) is 0.176. The Hall–Kier alpha value is -2.60. The highest BCUT2D eigenvalue weighted by atomic mass is 35.5. The lowest BCUT2D eigenvalue weighted by molar-refractivity contribution is -0.143. The van der Waals surface area contributed by atoms with Crippen molar-refractivity contribution in [3.8, 4) is 5.75 Å². The van der Waals surface area contributed by atoms with Gasteiger partial charge in [-0.3, -0.25) is 9.59 Å². The number of nitrogens with one attached hydrogen (secondary N) is 1. The summed E-state index contributed by atoms with van der Waals surface area (Å²) in [5.74, 6) is -0.902. The molecule has 0 heterocycles. The fourth-order valence-corrected chi connectivity index (χ4v) is 1.88. The number of ether oxygens (including phenoxy) is 2. The van der Waals surface area contributed by atoms with Crippen LogP contribution in [0.3, 0.4) is 0 Å². The molecule has 24 heavy (non-hydrogen) atoms. The Morgan fingerprint density at radius 3 is 2.33 bits per heavy atom. The van der Waals surface area contributed by atoms with Gasteiger partial charge in [0.2, 0.25) is 0 Å². The molecule has 2 aromatic carbocycles. The molecule has 5 nitrogen and oxygen atoms in total. The van der Waals surface area contributed by atoms with Crippen LogP contribution in [0.1, 0.15) is 10.4 Å². The third-order valence-corrected chi connectivity index (χ3v) is 3.18. The van der Waals surface area contributed by atoms with E-state index in [0.29, 0.717) is 10.8 Å². The summed E-state index contributed by atoms with van der Waals surface area (Å²) in [7, 11) is 0. The zero-order chi connectivity index (χ0) is 17.4. The van der Waals surface area contributed by atoms with Gasteiger partial charge in [0, 0.05) is 10.6 Å². The Morgan fingerprint density at radius 2 is 1.67 bits per heavy atom. The van der Waals surface area contributed by atoms with Crippen LogP contribution in [0.4, 0.5) is 4.39 Å². The first-order valence-electron chi connectivity index (χ1n) is 7.12. The Morgan fingerprint density at radius 1 is 1.00 bits per heavy atom. The Kier molecular flexibility index (Phi) is 6.57. The topological polar surface area (TPSA) is 64.6 Å². The molecule has 126 valence electrons. The molecule has 2 rings (SSSR count). The normalized spacial score (nSPS) is 10.1. The van der Waals surface area contributed by atoms with Gasteiger partial charge >= 0.3 is 5.97 Å². The minimum Gasteiger partial charge on any atom is -0.490 e. The monoisotopic (exact) mass is 351 g/mol. The van der Waals surface area contributed by atoms with Crippen LogP contribution in [0.5, 0.6) is 5.75 Å². The summed E-state index contributed by atoms with van der Waals surface area (Å²) in [6, 6.07) is 11.8. The number of esters is 1. The molecule has 0 aliphatic rings. The fourth-order valence-electron chi connectivity index (χ4n) is 1.75. The van der Waals surface area contributed by atoms with E-state index in [-0.39, 0.29) is 25.3 Å². The van der Waals surface area contributed by atoms with E-state index >= 15 is 0 Å². The molecule has 0 saturated carbocycles. The standard InChI is InChI=1S/C17H15ClFNO4/c18-13-3-7-15(8-4-13)23-9-10-24-16(21)11-20-17(22)12-1-5-14(19)6-2-12/h1-8H,9-11H2,(H,20,22). The summed E-state index contributed by atoms with van der Waals surface area (Å²) in [5.41, 5.74) is 0.260. The van der Waals surface area contributed by atoms with Gasteiger partial charge < -0.3 is 14.8 Å². The number of hydrogen-bond donors (Lipinski definition) is 1. The summed E-state index contributed by atoms with van der Waals surface area (Å²) in [6.45, 7) is -0.0513. The second kappa shape index (κ2) is 8.88. The van der Waals surface area contributed by atoms with Crippen LogP contribution in [0.25, 0.3) is 0 Å². The lowest BCUT2D eigenvalue weighted by Crippen LogP contribution is -2.31. The predicted octanol–water partition coefficient (Wildman–Crippen LogP) is 2.83. The molecule has 0 aliphatic carbocycles. The number of benzene rings is 2. The third kappa shape index (κ3) is 5.89. The van der Waals surface area contributed by atoms with Crippen LogP contribution in [-0.4, -0.2) is 31.6 Å². The maximum absolute atomic E-state index is 12.8. The van der Waals surface area contributed by atoms with Crippen LogP contribution >= 0.6 is 11.6 Å². The number of carbonyl (C=O) groups excluding carboxylic acids is 2. The number of amides is 1. The number of carbonyl (C=O) groups is 2. The number of rotatable bonds is 7. The lowest BCUT2D eigenvalue weighted by Gasteiger charge is -2.08. The van der Waals surface area contributed by atoms with Gasteiger partial charge in [0.25, 0.3) is 5.91 Å². The van der Waals surface area contributed by atoms with Crippen molar-refractivity contribution in [3.05, 3.63) is 64.9 Å². The van der Waals surface area contributed by atoms with Crippen molar-refractivity contribution in [2.24, 2.45) is 0 Å². The van der Waals surface area contributed by atoms with Crippen molar-refractivity contribution < 1.29 is 23.5 Å². The summed E-state index contributed by atoms with van der Waals surface area (Å²) in [5, 5.41) is 2.99.